The molecule has 2 aromatic rings. The average Bonchev–Trinajstić information content (AvgIpc) is 2.70. The fourth-order valence-corrected chi connectivity index (χ4v) is 2.83. The number of aromatic nitrogens is 1. The van der Waals surface area contributed by atoms with Crippen LogP contribution in [0, 0.1) is 5.92 Å². The topological polar surface area (TPSA) is 132 Å². The van der Waals surface area contributed by atoms with Crippen molar-refractivity contribution in [2.75, 3.05) is 13.2 Å². The van der Waals surface area contributed by atoms with E-state index in [0.717, 1.165) is 0 Å². The van der Waals surface area contributed by atoms with Crippen LogP contribution in [0.15, 0.2) is 36.5 Å². The maximum Gasteiger partial charge on any atom is 0.327 e. The zero-order chi connectivity index (χ0) is 21.4. The molecule has 0 bridgehead atoms. The van der Waals surface area contributed by atoms with Crippen LogP contribution in [0.25, 0.3) is 10.9 Å². The Kier molecular flexibility index (Phi) is 7.64. The van der Waals surface area contributed by atoms with Crippen molar-refractivity contribution >= 4 is 34.7 Å². The van der Waals surface area contributed by atoms with Gasteiger partial charge in [0.25, 0.3) is 5.91 Å². The van der Waals surface area contributed by atoms with E-state index in [1.165, 1.54) is 12.3 Å². The molecule has 2 atom stereocenters. The van der Waals surface area contributed by atoms with Gasteiger partial charge in [-0.25, -0.2) is 4.79 Å². The standard InChI is InChI=1S/C20H22N2O7/c1-3-28-15(23)11-14(20(27)29-4-2)17(19(25)26)22-18(24)13-9-5-7-12-8-6-10-21-16(12)13/h5-10,14,17H,3-4,11H2,1-2H3,(H,22,24)(H,25,26)/t14-,17+/m0/s1. The van der Waals surface area contributed by atoms with Gasteiger partial charge >= 0.3 is 17.9 Å². The van der Waals surface area contributed by atoms with Crippen LogP contribution in [0.2, 0.25) is 0 Å². The molecule has 0 fully saturated rings. The molecule has 0 aliphatic rings. The molecule has 0 radical (unpaired) electrons. The first-order valence-electron chi connectivity index (χ1n) is 9.08. The van der Waals surface area contributed by atoms with E-state index in [9.17, 15) is 24.3 Å². The highest BCUT2D eigenvalue weighted by Crippen LogP contribution is 2.18. The van der Waals surface area contributed by atoms with Gasteiger partial charge in [0.1, 0.15) is 6.04 Å². The van der Waals surface area contributed by atoms with E-state index in [4.69, 9.17) is 9.47 Å². The third-order valence-corrected chi connectivity index (χ3v) is 4.11. The Labute approximate surface area is 167 Å². The first-order valence-corrected chi connectivity index (χ1v) is 9.08. The highest BCUT2D eigenvalue weighted by molar-refractivity contribution is 6.06. The zero-order valence-electron chi connectivity index (χ0n) is 16.1. The predicted octanol–water partition coefficient (Wildman–Crippen LogP) is 1.55. The summed E-state index contributed by atoms with van der Waals surface area (Å²) in [6.07, 6.45) is 0.966. The lowest BCUT2D eigenvalue weighted by molar-refractivity contribution is -0.159. The fourth-order valence-electron chi connectivity index (χ4n) is 2.83. The van der Waals surface area contributed by atoms with Gasteiger partial charge in [0, 0.05) is 11.6 Å². The van der Waals surface area contributed by atoms with Crippen molar-refractivity contribution in [2.24, 2.45) is 5.92 Å². The van der Waals surface area contributed by atoms with E-state index in [0.29, 0.717) is 10.9 Å². The summed E-state index contributed by atoms with van der Waals surface area (Å²) < 4.78 is 9.71. The summed E-state index contributed by atoms with van der Waals surface area (Å²) in [4.78, 5) is 53.0. The number of pyridine rings is 1. The van der Waals surface area contributed by atoms with Crippen molar-refractivity contribution in [3.8, 4) is 0 Å². The van der Waals surface area contributed by atoms with E-state index in [1.807, 2.05) is 0 Å². The van der Waals surface area contributed by atoms with E-state index in [1.54, 1.807) is 38.1 Å². The van der Waals surface area contributed by atoms with Crippen molar-refractivity contribution in [1.82, 2.24) is 10.3 Å². The van der Waals surface area contributed by atoms with E-state index in [2.05, 4.69) is 10.3 Å². The minimum atomic E-state index is -1.69. The van der Waals surface area contributed by atoms with Gasteiger partial charge in [-0.05, 0) is 26.0 Å². The monoisotopic (exact) mass is 402 g/mol. The summed E-state index contributed by atoms with van der Waals surface area (Å²) in [6, 6.07) is 6.67. The number of benzene rings is 1. The number of ether oxygens (including phenoxy) is 2. The summed E-state index contributed by atoms with van der Waals surface area (Å²) in [6.45, 7) is 3.20. The number of amides is 1. The quantitative estimate of drug-likeness (QED) is 0.604. The molecule has 9 nitrogen and oxygen atoms in total. The van der Waals surface area contributed by atoms with Crippen molar-refractivity contribution < 1.29 is 33.8 Å². The average molecular weight is 402 g/mol. The molecular formula is C20H22N2O7. The van der Waals surface area contributed by atoms with Crippen LogP contribution >= 0.6 is 0 Å². The Morgan fingerprint density at radius 2 is 1.76 bits per heavy atom. The maximum absolute atomic E-state index is 12.8. The lowest BCUT2D eigenvalue weighted by atomic mass is 9.95. The van der Waals surface area contributed by atoms with Crippen molar-refractivity contribution in [2.45, 2.75) is 26.3 Å². The highest BCUT2D eigenvalue weighted by Gasteiger charge is 2.38. The molecule has 2 rings (SSSR count). The second kappa shape index (κ2) is 10.2. The number of nitrogens with zero attached hydrogens (tertiary/aromatic N) is 1. The van der Waals surface area contributed by atoms with Gasteiger partial charge in [-0.1, -0.05) is 18.2 Å². The summed E-state index contributed by atoms with van der Waals surface area (Å²) in [7, 11) is 0. The number of hydrogen-bond donors (Lipinski definition) is 2. The van der Waals surface area contributed by atoms with Gasteiger partial charge in [0.05, 0.1) is 36.6 Å². The van der Waals surface area contributed by atoms with Crippen LogP contribution < -0.4 is 5.32 Å². The van der Waals surface area contributed by atoms with Crippen molar-refractivity contribution in [3.05, 3.63) is 42.1 Å². The summed E-state index contributed by atoms with van der Waals surface area (Å²) in [5.74, 6) is -5.34. The Bertz CT molecular complexity index is 907. The van der Waals surface area contributed by atoms with Crippen LogP contribution in [0.5, 0.6) is 0 Å². The molecule has 1 heterocycles. The summed E-state index contributed by atoms with van der Waals surface area (Å²) in [5.41, 5.74) is 0.530. The largest absolute Gasteiger partial charge is 0.480 e. The normalized spacial score (nSPS) is 12.6. The number of carboxylic acids is 1. The van der Waals surface area contributed by atoms with Crippen LogP contribution in [0.1, 0.15) is 30.6 Å². The lowest BCUT2D eigenvalue weighted by Gasteiger charge is -2.23. The van der Waals surface area contributed by atoms with Gasteiger partial charge in [0.2, 0.25) is 0 Å². The summed E-state index contributed by atoms with van der Waals surface area (Å²) >= 11 is 0. The van der Waals surface area contributed by atoms with Crippen molar-refractivity contribution in [1.29, 1.82) is 0 Å². The number of hydrogen-bond acceptors (Lipinski definition) is 7. The number of esters is 2. The zero-order valence-corrected chi connectivity index (χ0v) is 16.1. The van der Waals surface area contributed by atoms with E-state index < -0.39 is 42.2 Å². The molecular weight excluding hydrogens is 380 g/mol. The SMILES string of the molecule is CCOC(=O)C[C@H](C(=O)OCC)[C@@H](NC(=O)c1cccc2cccnc12)C(=O)O. The molecule has 0 saturated heterocycles. The number of nitrogens with one attached hydrogen (secondary N) is 1. The number of fused-ring (bicyclic) bond motifs is 1. The molecule has 0 aliphatic carbocycles. The smallest absolute Gasteiger partial charge is 0.327 e. The first kappa shape index (κ1) is 21.8. The fraction of sp³-hybridized carbons (Fsp3) is 0.350. The Morgan fingerprint density at radius 3 is 2.41 bits per heavy atom. The lowest BCUT2D eigenvalue weighted by Crippen LogP contribution is -2.49. The third-order valence-electron chi connectivity index (χ3n) is 4.11. The number of carboxylic acid groups (broad SMARTS) is 1. The van der Waals surface area contributed by atoms with Crippen LogP contribution in [0.3, 0.4) is 0 Å². The number of carbonyl (C=O) groups is 4. The molecule has 0 spiro atoms. The molecule has 9 heteroatoms. The molecule has 0 saturated carbocycles. The molecule has 0 unspecified atom stereocenters. The molecule has 1 aromatic heterocycles. The molecule has 2 N–H and O–H groups in total. The van der Waals surface area contributed by atoms with Gasteiger partial charge < -0.3 is 19.9 Å². The minimum Gasteiger partial charge on any atom is -0.480 e. The third kappa shape index (κ3) is 5.50. The van der Waals surface area contributed by atoms with Crippen LogP contribution in [-0.4, -0.2) is 53.2 Å². The number of aliphatic carboxylic acids is 1. The number of carbonyl (C=O) groups excluding carboxylic acids is 3. The molecule has 154 valence electrons. The second-order valence-electron chi connectivity index (χ2n) is 6.04. The maximum atomic E-state index is 12.8. The number of para-hydroxylation sites is 1. The Balaban J connectivity index is 2.33. The Hall–Kier alpha value is -3.49. The van der Waals surface area contributed by atoms with Gasteiger partial charge in [-0.15, -0.1) is 0 Å². The van der Waals surface area contributed by atoms with Gasteiger partial charge in [0.15, 0.2) is 0 Å². The minimum absolute atomic E-state index is 0.00825. The molecule has 1 aromatic carbocycles. The number of rotatable bonds is 9. The van der Waals surface area contributed by atoms with Gasteiger partial charge in [-0.3, -0.25) is 19.4 Å². The molecule has 29 heavy (non-hydrogen) atoms. The first-order chi connectivity index (χ1) is 13.9. The van der Waals surface area contributed by atoms with Gasteiger partial charge in [-0.2, -0.15) is 0 Å². The van der Waals surface area contributed by atoms with Crippen LogP contribution in [0.4, 0.5) is 0 Å². The van der Waals surface area contributed by atoms with Crippen LogP contribution in [-0.2, 0) is 23.9 Å². The van der Waals surface area contributed by atoms with E-state index in [-0.39, 0.29) is 18.8 Å². The molecule has 1 amide bonds. The summed E-state index contributed by atoms with van der Waals surface area (Å²) in [5, 5.41) is 12.6. The molecule has 0 aliphatic heterocycles. The second-order valence-corrected chi connectivity index (χ2v) is 6.04. The highest BCUT2D eigenvalue weighted by atomic mass is 16.5. The predicted molar refractivity (Wildman–Crippen MR) is 102 cm³/mol. The van der Waals surface area contributed by atoms with E-state index >= 15 is 0 Å². The Morgan fingerprint density at radius 1 is 1.07 bits per heavy atom. The van der Waals surface area contributed by atoms with Crippen molar-refractivity contribution in [3.63, 3.8) is 0 Å².